The molecule has 6 nitrogen and oxygen atoms in total. The maximum atomic E-state index is 10.1. The molecule has 5 aromatic carbocycles. The van der Waals surface area contributed by atoms with E-state index in [2.05, 4.69) is 53.1 Å². The van der Waals surface area contributed by atoms with Crippen molar-refractivity contribution in [3.63, 3.8) is 0 Å². The lowest BCUT2D eigenvalue weighted by atomic mass is 10.0. The van der Waals surface area contributed by atoms with Crippen LogP contribution in [0.3, 0.4) is 0 Å². The van der Waals surface area contributed by atoms with Gasteiger partial charge in [0.15, 0.2) is 0 Å². The van der Waals surface area contributed by atoms with Crippen molar-refractivity contribution in [3.05, 3.63) is 119 Å². The zero-order chi connectivity index (χ0) is 27.4. The molecule has 0 radical (unpaired) electrons. The van der Waals surface area contributed by atoms with E-state index in [-0.39, 0.29) is 16.7 Å². The highest BCUT2D eigenvalue weighted by Gasteiger charge is 2.23. The standard InChI is InChI=1S/C34H16N6/c35-17-21-9-11-25(12-10-21)39-28-7-3-1-5-26(28)32-30(39)13-14-31-33(32)27-6-2-4-8-29(27)40(31)34-23(19-37)15-22(18-36)16-24(34)20-38/h1-16H. The Labute approximate surface area is 228 Å². The fourth-order valence-corrected chi connectivity index (χ4v) is 5.83. The average Bonchev–Trinajstić information content (AvgIpc) is 3.53. The molecule has 2 heterocycles. The van der Waals surface area contributed by atoms with E-state index in [1.54, 1.807) is 0 Å². The Morgan fingerprint density at radius 1 is 0.450 bits per heavy atom. The molecular formula is C34H16N6. The van der Waals surface area contributed by atoms with Crippen LogP contribution < -0.4 is 0 Å². The second kappa shape index (κ2) is 8.61. The second-order valence-electron chi connectivity index (χ2n) is 9.47. The minimum absolute atomic E-state index is 0.262. The summed E-state index contributed by atoms with van der Waals surface area (Å²) in [5.41, 5.74) is 6.54. The minimum Gasteiger partial charge on any atom is -0.309 e. The van der Waals surface area contributed by atoms with E-state index < -0.39 is 0 Å². The SMILES string of the molecule is N#Cc1ccc(-n2c3ccccc3c3c4c5ccccc5n(-c5c(C#N)cc(C#N)cc5C#N)c4ccc32)cc1. The predicted octanol–water partition coefficient (Wildman–Crippen LogP) is 7.37. The fourth-order valence-electron chi connectivity index (χ4n) is 5.83. The molecule has 6 heteroatoms. The average molecular weight is 509 g/mol. The third kappa shape index (κ3) is 3.06. The highest BCUT2D eigenvalue weighted by molar-refractivity contribution is 6.29. The van der Waals surface area contributed by atoms with Crippen molar-refractivity contribution in [3.8, 4) is 35.7 Å². The number of hydrogen-bond acceptors (Lipinski definition) is 4. The molecule has 0 unspecified atom stereocenters. The van der Waals surface area contributed by atoms with E-state index in [0.717, 1.165) is 49.3 Å². The van der Waals surface area contributed by atoms with Gasteiger partial charge in [0, 0.05) is 27.2 Å². The molecule has 0 amide bonds. The number of fused-ring (bicyclic) bond motifs is 7. The van der Waals surface area contributed by atoms with Crippen molar-refractivity contribution in [1.82, 2.24) is 9.13 Å². The van der Waals surface area contributed by atoms with Crippen molar-refractivity contribution in [1.29, 1.82) is 21.0 Å². The van der Waals surface area contributed by atoms with Gasteiger partial charge in [-0.25, -0.2) is 0 Å². The van der Waals surface area contributed by atoms with Crippen LogP contribution >= 0.6 is 0 Å². The van der Waals surface area contributed by atoms with Crippen LogP contribution in [-0.4, -0.2) is 9.13 Å². The summed E-state index contributed by atoms with van der Waals surface area (Å²) in [4.78, 5) is 0. The first-order valence-electron chi connectivity index (χ1n) is 12.5. The quantitative estimate of drug-likeness (QED) is 0.243. The van der Waals surface area contributed by atoms with Crippen molar-refractivity contribution >= 4 is 43.6 Å². The first-order valence-corrected chi connectivity index (χ1v) is 12.5. The van der Waals surface area contributed by atoms with Gasteiger partial charge in [0.2, 0.25) is 0 Å². The molecular weight excluding hydrogens is 492 g/mol. The molecule has 0 atom stereocenters. The van der Waals surface area contributed by atoms with E-state index in [1.165, 1.54) is 12.1 Å². The van der Waals surface area contributed by atoms with Crippen LogP contribution in [0.15, 0.2) is 97.1 Å². The van der Waals surface area contributed by atoms with Crippen molar-refractivity contribution in [2.75, 3.05) is 0 Å². The van der Waals surface area contributed by atoms with E-state index in [0.29, 0.717) is 11.3 Å². The van der Waals surface area contributed by atoms with Crippen LogP contribution in [-0.2, 0) is 0 Å². The van der Waals surface area contributed by atoms with Crippen LogP contribution in [0, 0.1) is 45.3 Å². The lowest BCUT2D eigenvalue weighted by Gasteiger charge is -2.12. The van der Waals surface area contributed by atoms with Crippen LogP contribution in [0.25, 0.3) is 55.0 Å². The summed E-state index contributed by atoms with van der Waals surface area (Å²) in [6.45, 7) is 0. The number of nitrogens with zero attached hydrogens (tertiary/aromatic N) is 6. The largest absolute Gasteiger partial charge is 0.309 e. The number of hydrogen-bond donors (Lipinski definition) is 0. The zero-order valence-corrected chi connectivity index (χ0v) is 20.9. The molecule has 0 aliphatic carbocycles. The Kier molecular flexibility index (Phi) is 4.91. The Bertz CT molecular complexity index is 2320. The van der Waals surface area contributed by atoms with Crippen molar-refractivity contribution in [2.24, 2.45) is 0 Å². The summed E-state index contributed by atoms with van der Waals surface area (Å²) >= 11 is 0. The molecule has 7 rings (SSSR count). The molecule has 0 saturated carbocycles. The van der Waals surface area contributed by atoms with Gasteiger partial charge in [-0.15, -0.1) is 0 Å². The lowest BCUT2D eigenvalue weighted by Crippen LogP contribution is -2.02. The zero-order valence-electron chi connectivity index (χ0n) is 20.9. The van der Waals surface area contributed by atoms with E-state index in [4.69, 9.17) is 0 Å². The first kappa shape index (κ1) is 22.8. The fraction of sp³-hybridized carbons (Fsp3) is 0. The van der Waals surface area contributed by atoms with E-state index in [9.17, 15) is 21.0 Å². The summed E-state index contributed by atoms with van der Waals surface area (Å²) in [5, 5.41) is 43.1. The molecule has 2 aromatic heterocycles. The van der Waals surface area contributed by atoms with Crippen molar-refractivity contribution in [2.45, 2.75) is 0 Å². The Morgan fingerprint density at radius 2 is 0.950 bits per heavy atom. The van der Waals surface area contributed by atoms with Crippen LogP contribution in [0.5, 0.6) is 0 Å². The number of rotatable bonds is 2. The van der Waals surface area contributed by atoms with Crippen LogP contribution in [0.4, 0.5) is 0 Å². The van der Waals surface area contributed by atoms with Gasteiger partial charge in [0.1, 0.15) is 12.1 Å². The Balaban J connectivity index is 1.69. The van der Waals surface area contributed by atoms with Gasteiger partial charge in [0.05, 0.1) is 62.1 Å². The van der Waals surface area contributed by atoms with Gasteiger partial charge in [-0.05, 0) is 60.7 Å². The molecule has 0 fully saturated rings. The second-order valence-corrected chi connectivity index (χ2v) is 9.47. The summed E-state index contributed by atoms with van der Waals surface area (Å²) in [6, 6.07) is 39.6. The molecule has 182 valence electrons. The number of nitriles is 4. The monoisotopic (exact) mass is 508 g/mol. The summed E-state index contributed by atoms with van der Waals surface area (Å²) in [7, 11) is 0. The molecule has 7 aromatic rings. The van der Waals surface area contributed by atoms with Gasteiger partial charge in [-0.2, -0.15) is 21.0 Å². The van der Waals surface area contributed by atoms with Crippen LogP contribution in [0.1, 0.15) is 22.3 Å². The third-order valence-corrected chi connectivity index (χ3v) is 7.43. The molecule has 0 saturated heterocycles. The van der Waals surface area contributed by atoms with Gasteiger partial charge < -0.3 is 9.13 Å². The van der Waals surface area contributed by atoms with Crippen LogP contribution in [0.2, 0.25) is 0 Å². The topological polar surface area (TPSA) is 105 Å². The normalized spacial score (nSPS) is 10.9. The smallest absolute Gasteiger partial charge is 0.101 e. The van der Waals surface area contributed by atoms with Gasteiger partial charge in [0.25, 0.3) is 0 Å². The Hall–Kier alpha value is -6.34. The number of benzene rings is 5. The lowest BCUT2D eigenvalue weighted by molar-refractivity contribution is 1.15. The summed E-state index contributed by atoms with van der Waals surface area (Å²) < 4.78 is 4.16. The van der Waals surface area contributed by atoms with Crippen molar-refractivity contribution < 1.29 is 0 Å². The van der Waals surface area contributed by atoms with Gasteiger partial charge in [-0.1, -0.05) is 36.4 Å². The molecule has 0 aliphatic heterocycles. The maximum Gasteiger partial charge on any atom is 0.101 e. The first-order chi connectivity index (χ1) is 19.7. The predicted molar refractivity (Wildman–Crippen MR) is 154 cm³/mol. The molecule has 0 bridgehead atoms. The molecule has 0 aliphatic rings. The molecule has 40 heavy (non-hydrogen) atoms. The van der Waals surface area contributed by atoms with Gasteiger partial charge in [-0.3, -0.25) is 0 Å². The highest BCUT2D eigenvalue weighted by Crippen LogP contribution is 2.43. The minimum atomic E-state index is 0.262. The third-order valence-electron chi connectivity index (χ3n) is 7.43. The van der Waals surface area contributed by atoms with E-state index in [1.807, 2.05) is 65.2 Å². The summed E-state index contributed by atoms with van der Waals surface area (Å²) in [5.74, 6) is 0. The van der Waals surface area contributed by atoms with Gasteiger partial charge >= 0.3 is 0 Å². The van der Waals surface area contributed by atoms with E-state index >= 15 is 0 Å². The summed E-state index contributed by atoms with van der Waals surface area (Å²) in [6.07, 6.45) is 0. The molecule has 0 N–H and O–H groups in total. The maximum absolute atomic E-state index is 10.1. The Morgan fingerprint density at radius 3 is 1.48 bits per heavy atom. The number of aromatic nitrogens is 2. The number of para-hydroxylation sites is 2. The molecule has 0 spiro atoms. The highest BCUT2D eigenvalue weighted by atomic mass is 15.0.